The number of hydrogen-bond acceptors (Lipinski definition) is 11. The number of nitrogens with zero attached hydrogens (tertiary/aromatic N) is 7. The summed E-state index contributed by atoms with van der Waals surface area (Å²) < 4.78 is 49.0. The van der Waals surface area contributed by atoms with Gasteiger partial charge in [-0.15, -0.1) is 20.4 Å². The highest BCUT2D eigenvalue weighted by Gasteiger charge is 2.38. The van der Waals surface area contributed by atoms with Gasteiger partial charge in [-0.3, -0.25) is 19.5 Å². The van der Waals surface area contributed by atoms with Crippen LogP contribution < -0.4 is 4.74 Å². The summed E-state index contributed by atoms with van der Waals surface area (Å²) in [5, 5.41) is 40.9. The van der Waals surface area contributed by atoms with E-state index in [2.05, 4.69) is 30.4 Å². The molecule has 0 bridgehead atoms. The molecule has 0 fully saturated rings. The lowest BCUT2D eigenvalue weighted by Gasteiger charge is -2.17. The topological polar surface area (TPSA) is 202 Å². The SMILES string of the molecule is O=C(O)C(F)(F)F.O=C(O)CN(CC(=O)O)Cc1ccc(-c2nnc(-c3ccc(OCCF)cn3)nn2)nc1. The number of carboxylic acids is 3. The average Bonchev–Trinajstić information content (AvgIpc) is 2.87. The molecule has 3 rings (SSSR count). The van der Waals surface area contributed by atoms with Crippen molar-refractivity contribution in [2.45, 2.75) is 12.7 Å². The number of halogens is 4. The predicted molar refractivity (Wildman–Crippen MR) is 120 cm³/mol. The highest BCUT2D eigenvalue weighted by molar-refractivity contribution is 5.73. The van der Waals surface area contributed by atoms with Gasteiger partial charge in [-0.05, 0) is 23.8 Å². The Balaban J connectivity index is 0.000000673. The van der Waals surface area contributed by atoms with Crippen LogP contribution in [0.1, 0.15) is 5.56 Å². The fraction of sp³-hybridized carbons (Fsp3) is 0.286. The monoisotopic (exact) mass is 557 g/mol. The first-order chi connectivity index (χ1) is 18.4. The molecule has 0 spiro atoms. The van der Waals surface area contributed by atoms with Crippen molar-refractivity contribution in [1.82, 2.24) is 35.3 Å². The van der Waals surface area contributed by atoms with Gasteiger partial charge in [0.1, 0.15) is 30.4 Å². The van der Waals surface area contributed by atoms with Crippen LogP contribution in [-0.4, -0.2) is 101 Å². The highest BCUT2D eigenvalue weighted by atomic mass is 19.4. The lowest BCUT2D eigenvalue weighted by Crippen LogP contribution is -2.34. The van der Waals surface area contributed by atoms with Crippen molar-refractivity contribution in [3.05, 3.63) is 42.2 Å². The number of rotatable bonds is 11. The van der Waals surface area contributed by atoms with Crippen LogP contribution in [0.2, 0.25) is 0 Å². The fourth-order valence-electron chi connectivity index (χ4n) is 2.65. The van der Waals surface area contributed by atoms with Gasteiger partial charge in [0, 0.05) is 12.7 Å². The van der Waals surface area contributed by atoms with Crippen molar-refractivity contribution in [2.24, 2.45) is 0 Å². The average molecular weight is 557 g/mol. The summed E-state index contributed by atoms with van der Waals surface area (Å²) in [6.07, 6.45) is -2.19. The Labute approximate surface area is 215 Å². The molecule has 0 radical (unpaired) electrons. The van der Waals surface area contributed by atoms with Crippen molar-refractivity contribution in [1.29, 1.82) is 0 Å². The molecule has 208 valence electrons. The van der Waals surface area contributed by atoms with Gasteiger partial charge in [-0.2, -0.15) is 13.2 Å². The van der Waals surface area contributed by atoms with E-state index in [1.165, 1.54) is 17.3 Å². The number of hydrogen-bond donors (Lipinski definition) is 3. The maximum Gasteiger partial charge on any atom is 0.490 e. The summed E-state index contributed by atoms with van der Waals surface area (Å²) in [7, 11) is 0. The summed E-state index contributed by atoms with van der Waals surface area (Å²) in [5.74, 6) is -4.25. The molecule has 0 aliphatic rings. The van der Waals surface area contributed by atoms with E-state index < -0.39 is 43.8 Å². The van der Waals surface area contributed by atoms with Gasteiger partial charge in [0.15, 0.2) is 0 Å². The van der Waals surface area contributed by atoms with E-state index in [9.17, 15) is 27.2 Å². The Morgan fingerprint density at radius 1 is 0.821 bits per heavy atom. The Hall–Kier alpha value is -4.87. The lowest BCUT2D eigenvalue weighted by atomic mass is 10.2. The van der Waals surface area contributed by atoms with Crippen LogP contribution in [0.15, 0.2) is 36.7 Å². The van der Waals surface area contributed by atoms with Gasteiger partial charge < -0.3 is 20.1 Å². The second-order valence-corrected chi connectivity index (χ2v) is 7.25. The first kappa shape index (κ1) is 30.4. The van der Waals surface area contributed by atoms with Gasteiger partial charge in [-0.1, -0.05) is 6.07 Å². The molecular weight excluding hydrogens is 538 g/mol. The summed E-state index contributed by atoms with van der Waals surface area (Å²) in [5.41, 5.74) is 1.41. The van der Waals surface area contributed by atoms with Crippen LogP contribution >= 0.6 is 0 Å². The number of pyridine rings is 2. The Bertz CT molecular complexity index is 1230. The molecule has 0 amide bonds. The van der Waals surface area contributed by atoms with Crippen LogP contribution in [-0.2, 0) is 20.9 Å². The first-order valence-electron chi connectivity index (χ1n) is 10.5. The van der Waals surface area contributed by atoms with E-state index in [0.717, 1.165) is 0 Å². The molecule has 0 atom stereocenters. The normalized spacial score (nSPS) is 10.9. The van der Waals surface area contributed by atoms with Crippen molar-refractivity contribution >= 4 is 17.9 Å². The summed E-state index contributed by atoms with van der Waals surface area (Å²) in [6.45, 7) is -1.39. The van der Waals surface area contributed by atoms with Crippen LogP contribution in [0.25, 0.3) is 23.0 Å². The molecule has 0 aliphatic carbocycles. The molecule has 0 saturated carbocycles. The fourth-order valence-corrected chi connectivity index (χ4v) is 2.65. The number of aromatic nitrogens is 6. The van der Waals surface area contributed by atoms with E-state index in [1.54, 1.807) is 24.3 Å². The van der Waals surface area contributed by atoms with Gasteiger partial charge in [0.25, 0.3) is 0 Å². The summed E-state index contributed by atoms with van der Waals surface area (Å²) in [4.78, 5) is 40.3. The smallest absolute Gasteiger partial charge is 0.489 e. The zero-order valence-corrected chi connectivity index (χ0v) is 19.6. The minimum absolute atomic E-state index is 0.0573. The van der Waals surface area contributed by atoms with Crippen molar-refractivity contribution in [3.8, 4) is 28.8 Å². The Kier molecular flexibility index (Phi) is 11.0. The second-order valence-electron chi connectivity index (χ2n) is 7.25. The van der Waals surface area contributed by atoms with E-state index in [4.69, 9.17) is 24.9 Å². The second kappa shape index (κ2) is 14.2. The van der Waals surface area contributed by atoms with Gasteiger partial charge >= 0.3 is 24.1 Å². The van der Waals surface area contributed by atoms with E-state index in [1.807, 2.05) is 0 Å². The number of aliphatic carboxylic acids is 3. The molecule has 0 aromatic carbocycles. The molecule has 3 aromatic rings. The van der Waals surface area contributed by atoms with E-state index in [-0.39, 0.29) is 24.8 Å². The standard InChI is InChI=1S/C19H18FN7O5.C2HF3O2/c20-5-6-32-13-2-4-15(22-8-13)19-25-23-18(24-26-19)14-3-1-12(7-21-14)9-27(10-16(28)29)11-17(30)31;3-2(4,5)1(6)7/h1-4,7-8H,5-6,9-11H2,(H,28,29)(H,30,31);(H,6,7). The molecule has 14 nitrogen and oxygen atoms in total. The molecular formula is C21H19F4N7O7. The predicted octanol–water partition coefficient (Wildman–Crippen LogP) is 1.34. The van der Waals surface area contributed by atoms with Crippen LogP contribution in [0.5, 0.6) is 5.75 Å². The van der Waals surface area contributed by atoms with Crippen LogP contribution in [0.3, 0.4) is 0 Å². The molecule has 0 saturated heterocycles. The number of carbonyl (C=O) groups is 3. The number of alkyl halides is 4. The minimum atomic E-state index is -5.08. The van der Waals surface area contributed by atoms with E-state index >= 15 is 0 Å². The van der Waals surface area contributed by atoms with Crippen LogP contribution in [0, 0.1) is 0 Å². The van der Waals surface area contributed by atoms with Crippen molar-refractivity contribution in [2.75, 3.05) is 26.4 Å². The third-order valence-corrected chi connectivity index (χ3v) is 4.21. The minimum Gasteiger partial charge on any atom is -0.489 e. The molecule has 39 heavy (non-hydrogen) atoms. The summed E-state index contributed by atoms with van der Waals surface area (Å²) >= 11 is 0. The summed E-state index contributed by atoms with van der Waals surface area (Å²) in [6, 6.07) is 6.46. The van der Waals surface area contributed by atoms with Crippen LogP contribution in [0.4, 0.5) is 17.6 Å². The largest absolute Gasteiger partial charge is 0.490 e. The maximum absolute atomic E-state index is 12.1. The molecule has 3 N–H and O–H groups in total. The molecule has 18 heteroatoms. The Morgan fingerprint density at radius 2 is 1.31 bits per heavy atom. The first-order valence-corrected chi connectivity index (χ1v) is 10.5. The molecule has 3 aromatic heterocycles. The van der Waals surface area contributed by atoms with E-state index in [0.29, 0.717) is 22.7 Å². The van der Waals surface area contributed by atoms with Crippen molar-refractivity contribution < 1.29 is 52.0 Å². The van der Waals surface area contributed by atoms with Gasteiger partial charge in [0.05, 0.1) is 19.3 Å². The molecule has 0 aliphatic heterocycles. The maximum atomic E-state index is 12.1. The number of carboxylic acid groups (broad SMARTS) is 3. The zero-order valence-electron chi connectivity index (χ0n) is 19.6. The van der Waals surface area contributed by atoms with Gasteiger partial charge in [-0.25, -0.2) is 14.2 Å². The number of ether oxygens (including phenoxy) is 1. The molecule has 3 heterocycles. The Morgan fingerprint density at radius 3 is 1.67 bits per heavy atom. The molecule has 0 unspecified atom stereocenters. The quantitative estimate of drug-likeness (QED) is 0.285. The third-order valence-electron chi connectivity index (χ3n) is 4.21. The van der Waals surface area contributed by atoms with Gasteiger partial charge in [0.2, 0.25) is 11.6 Å². The highest BCUT2D eigenvalue weighted by Crippen LogP contribution is 2.17. The third kappa shape index (κ3) is 10.6. The van der Waals surface area contributed by atoms with Crippen molar-refractivity contribution in [3.63, 3.8) is 0 Å². The zero-order chi connectivity index (χ0) is 29.0. The lowest BCUT2D eigenvalue weighted by molar-refractivity contribution is -0.192.